The first-order valence-electron chi connectivity index (χ1n) is 6.65. The summed E-state index contributed by atoms with van der Waals surface area (Å²) in [6.45, 7) is 4.49. The van der Waals surface area contributed by atoms with Crippen LogP contribution in [0.5, 0.6) is 0 Å². The molecule has 1 aromatic heterocycles. The van der Waals surface area contributed by atoms with Gasteiger partial charge in [-0.25, -0.2) is 0 Å². The molecule has 0 aliphatic rings. The highest BCUT2D eigenvalue weighted by Gasteiger charge is 2.13. The van der Waals surface area contributed by atoms with E-state index in [9.17, 15) is 0 Å². The maximum absolute atomic E-state index is 8.87. The molecule has 0 aliphatic heterocycles. The standard InChI is InChI=1S/C14H18ClN3O2/c1-2-18(8-5-9-19)10-13-16-14(17-20-13)11-6-3-4-7-12(11)15/h3-4,6-7,19H,2,5,8-10H2,1H3. The van der Waals surface area contributed by atoms with Crippen LogP contribution in [0, 0.1) is 0 Å². The molecule has 6 heteroatoms. The van der Waals surface area contributed by atoms with Crippen molar-refractivity contribution in [2.24, 2.45) is 0 Å². The number of aliphatic hydroxyl groups excluding tert-OH is 1. The first-order valence-corrected chi connectivity index (χ1v) is 7.03. The molecule has 0 saturated carbocycles. The fourth-order valence-electron chi connectivity index (χ4n) is 1.91. The molecule has 1 aromatic carbocycles. The van der Waals surface area contributed by atoms with Crippen LogP contribution in [0.1, 0.15) is 19.2 Å². The summed E-state index contributed by atoms with van der Waals surface area (Å²) in [6.07, 6.45) is 0.735. The Morgan fingerprint density at radius 3 is 2.85 bits per heavy atom. The van der Waals surface area contributed by atoms with Gasteiger partial charge < -0.3 is 9.63 Å². The molecule has 0 saturated heterocycles. The van der Waals surface area contributed by atoms with Crippen molar-refractivity contribution in [2.45, 2.75) is 19.9 Å². The van der Waals surface area contributed by atoms with Gasteiger partial charge in [0.05, 0.1) is 11.6 Å². The third-order valence-corrected chi connectivity index (χ3v) is 3.35. The van der Waals surface area contributed by atoms with Crippen molar-refractivity contribution in [3.63, 3.8) is 0 Å². The highest BCUT2D eigenvalue weighted by molar-refractivity contribution is 6.33. The number of hydrogen-bond donors (Lipinski definition) is 1. The molecule has 0 spiro atoms. The average Bonchev–Trinajstić information content (AvgIpc) is 2.92. The molecule has 0 amide bonds. The van der Waals surface area contributed by atoms with Gasteiger partial charge in [-0.3, -0.25) is 4.90 Å². The van der Waals surface area contributed by atoms with Crippen molar-refractivity contribution >= 4 is 11.6 Å². The Kier molecular flexibility index (Phi) is 5.52. The molecule has 20 heavy (non-hydrogen) atoms. The number of halogens is 1. The van der Waals surface area contributed by atoms with E-state index in [1.807, 2.05) is 18.2 Å². The van der Waals surface area contributed by atoms with E-state index in [-0.39, 0.29) is 6.61 Å². The summed E-state index contributed by atoms with van der Waals surface area (Å²) in [5.41, 5.74) is 0.766. The Bertz CT molecular complexity index is 545. The lowest BCUT2D eigenvalue weighted by atomic mass is 10.2. The fraction of sp³-hybridized carbons (Fsp3) is 0.429. The van der Waals surface area contributed by atoms with Gasteiger partial charge in [-0.2, -0.15) is 4.98 Å². The average molecular weight is 296 g/mol. The maximum Gasteiger partial charge on any atom is 0.241 e. The third kappa shape index (κ3) is 3.79. The number of hydrogen-bond acceptors (Lipinski definition) is 5. The smallest absolute Gasteiger partial charge is 0.241 e. The lowest BCUT2D eigenvalue weighted by Crippen LogP contribution is -2.24. The fourth-order valence-corrected chi connectivity index (χ4v) is 2.13. The summed E-state index contributed by atoms with van der Waals surface area (Å²) < 4.78 is 5.26. The molecule has 0 fully saturated rings. The van der Waals surface area contributed by atoms with Gasteiger partial charge in [0, 0.05) is 18.7 Å². The molecule has 0 bridgehead atoms. The molecule has 0 unspecified atom stereocenters. The van der Waals surface area contributed by atoms with E-state index < -0.39 is 0 Å². The van der Waals surface area contributed by atoms with Crippen LogP contribution in [0.3, 0.4) is 0 Å². The zero-order valence-electron chi connectivity index (χ0n) is 11.4. The molecule has 1 heterocycles. The van der Waals surface area contributed by atoms with Crippen molar-refractivity contribution in [2.75, 3.05) is 19.7 Å². The summed E-state index contributed by atoms with van der Waals surface area (Å²) >= 11 is 6.11. The van der Waals surface area contributed by atoms with Gasteiger partial charge in [0.1, 0.15) is 0 Å². The van der Waals surface area contributed by atoms with Crippen LogP contribution in [0.2, 0.25) is 5.02 Å². The Morgan fingerprint density at radius 2 is 2.15 bits per heavy atom. The number of nitrogens with zero attached hydrogens (tertiary/aromatic N) is 3. The van der Waals surface area contributed by atoms with Crippen LogP contribution in [0.15, 0.2) is 28.8 Å². The van der Waals surface area contributed by atoms with E-state index in [2.05, 4.69) is 22.0 Å². The molecule has 2 rings (SSSR count). The zero-order chi connectivity index (χ0) is 14.4. The van der Waals surface area contributed by atoms with Crippen molar-refractivity contribution in [3.05, 3.63) is 35.2 Å². The molecular formula is C14H18ClN3O2. The minimum Gasteiger partial charge on any atom is -0.396 e. The zero-order valence-corrected chi connectivity index (χ0v) is 12.2. The van der Waals surface area contributed by atoms with Gasteiger partial charge >= 0.3 is 0 Å². The van der Waals surface area contributed by atoms with Crippen molar-refractivity contribution in [1.29, 1.82) is 0 Å². The predicted octanol–water partition coefficient (Wildman–Crippen LogP) is 2.59. The molecule has 1 N–H and O–H groups in total. The number of aromatic nitrogens is 2. The van der Waals surface area contributed by atoms with Crippen molar-refractivity contribution < 1.29 is 9.63 Å². The van der Waals surface area contributed by atoms with E-state index >= 15 is 0 Å². The van der Waals surface area contributed by atoms with Gasteiger partial charge in [0.15, 0.2) is 0 Å². The normalized spacial score (nSPS) is 11.2. The summed E-state index contributed by atoms with van der Waals surface area (Å²) in [5.74, 6) is 1.06. The minimum absolute atomic E-state index is 0.186. The molecule has 5 nitrogen and oxygen atoms in total. The largest absolute Gasteiger partial charge is 0.396 e. The SMILES string of the molecule is CCN(CCCO)Cc1nc(-c2ccccc2Cl)no1. The second-order valence-corrected chi connectivity index (χ2v) is 4.84. The Labute approximate surface area is 123 Å². The van der Waals surface area contributed by atoms with Gasteiger partial charge in [0.25, 0.3) is 0 Å². The van der Waals surface area contributed by atoms with Crippen LogP contribution >= 0.6 is 11.6 Å². The predicted molar refractivity (Wildman–Crippen MR) is 77.4 cm³/mol. The van der Waals surface area contributed by atoms with Crippen molar-refractivity contribution in [3.8, 4) is 11.4 Å². The van der Waals surface area contributed by atoms with Crippen LogP contribution < -0.4 is 0 Å². The second kappa shape index (κ2) is 7.38. The summed E-state index contributed by atoms with van der Waals surface area (Å²) in [4.78, 5) is 6.51. The first-order chi connectivity index (χ1) is 9.74. The highest BCUT2D eigenvalue weighted by atomic mass is 35.5. The first kappa shape index (κ1) is 15.0. The van der Waals surface area contributed by atoms with Gasteiger partial charge in [-0.15, -0.1) is 0 Å². The number of benzene rings is 1. The Balaban J connectivity index is 2.07. The Morgan fingerprint density at radius 1 is 1.35 bits per heavy atom. The van der Waals surface area contributed by atoms with Crippen molar-refractivity contribution in [1.82, 2.24) is 15.0 Å². The van der Waals surface area contributed by atoms with Gasteiger partial charge in [-0.05, 0) is 25.1 Å². The summed E-state index contributed by atoms with van der Waals surface area (Å²) in [5, 5.41) is 13.4. The van der Waals surface area contributed by atoms with Crippen LogP contribution in [-0.4, -0.2) is 39.8 Å². The van der Waals surface area contributed by atoms with Crippen LogP contribution in [-0.2, 0) is 6.54 Å². The number of rotatable bonds is 7. The van der Waals surface area contributed by atoms with Gasteiger partial charge in [-0.1, -0.05) is 35.8 Å². The molecule has 108 valence electrons. The topological polar surface area (TPSA) is 62.4 Å². The lowest BCUT2D eigenvalue weighted by molar-refractivity contribution is 0.205. The highest BCUT2D eigenvalue weighted by Crippen LogP contribution is 2.24. The molecular weight excluding hydrogens is 278 g/mol. The monoisotopic (exact) mass is 295 g/mol. The van der Waals surface area contributed by atoms with E-state index in [0.29, 0.717) is 23.3 Å². The summed E-state index contributed by atoms with van der Waals surface area (Å²) in [6, 6.07) is 7.41. The molecule has 0 aliphatic carbocycles. The molecule has 2 aromatic rings. The minimum atomic E-state index is 0.186. The molecule has 0 atom stereocenters. The van der Waals surface area contributed by atoms with Crippen LogP contribution in [0.25, 0.3) is 11.4 Å². The quantitative estimate of drug-likeness (QED) is 0.850. The summed E-state index contributed by atoms with van der Waals surface area (Å²) in [7, 11) is 0. The third-order valence-electron chi connectivity index (χ3n) is 3.02. The van der Waals surface area contributed by atoms with E-state index in [4.69, 9.17) is 21.2 Å². The Hall–Kier alpha value is -1.43. The number of aliphatic hydroxyl groups is 1. The molecule has 0 radical (unpaired) electrons. The maximum atomic E-state index is 8.87. The van der Waals surface area contributed by atoms with Gasteiger partial charge in [0.2, 0.25) is 11.7 Å². The van der Waals surface area contributed by atoms with E-state index in [1.165, 1.54) is 0 Å². The van der Waals surface area contributed by atoms with E-state index in [0.717, 1.165) is 25.1 Å². The lowest BCUT2D eigenvalue weighted by Gasteiger charge is -2.16. The van der Waals surface area contributed by atoms with Crippen LogP contribution in [0.4, 0.5) is 0 Å². The second-order valence-electron chi connectivity index (χ2n) is 4.44. The van der Waals surface area contributed by atoms with E-state index in [1.54, 1.807) is 6.07 Å².